The normalized spacial score (nSPS) is 37.7. The van der Waals surface area contributed by atoms with Crippen molar-refractivity contribution < 1.29 is 28.7 Å². The van der Waals surface area contributed by atoms with E-state index in [1.165, 1.54) is 0 Å². The number of benzene rings is 2. The van der Waals surface area contributed by atoms with Crippen molar-refractivity contribution in [1.82, 2.24) is 0 Å². The van der Waals surface area contributed by atoms with E-state index in [1.807, 2.05) is 36.4 Å². The van der Waals surface area contributed by atoms with Crippen LogP contribution in [-0.4, -0.2) is 35.7 Å². The van der Waals surface area contributed by atoms with Gasteiger partial charge in [-0.25, -0.2) is 9.59 Å². The minimum Gasteiger partial charge on any atom is -0.458 e. The molecule has 4 saturated carbocycles. The van der Waals surface area contributed by atoms with E-state index in [-0.39, 0.29) is 63.9 Å². The second kappa shape index (κ2) is 10.5. The number of rotatable bonds is 5. The molecule has 4 aliphatic carbocycles. The molecule has 6 unspecified atom stereocenters. The summed E-state index contributed by atoms with van der Waals surface area (Å²) in [6, 6.07) is 18.1. The van der Waals surface area contributed by atoms with Crippen molar-refractivity contribution in [3.05, 3.63) is 71.8 Å². The summed E-state index contributed by atoms with van der Waals surface area (Å²) >= 11 is 0. The van der Waals surface area contributed by atoms with Crippen molar-refractivity contribution in [2.75, 3.05) is 0 Å². The number of ketones is 2. The molecule has 0 aliphatic heterocycles. The second-order valence-corrected chi connectivity index (χ2v) is 13.5. The molecule has 6 nitrogen and oxygen atoms in total. The number of carbonyl (C=O) groups excluding carboxylic acids is 4. The average Bonchev–Trinajstić information content (AvgIpc) is 3.31. The molecule has 0 saturated heterocycles. The van der Waals surface area contributed by atoms with Gasteiger partial charge in [0.05, 0.1) is 11.1 Å². The predicted octanol–water partition coefficient (Wildman–Crippen LogP) is 6.47. The van der Waals surface area contributed by atoms with Gasteiger partial charge in [-0.2, -0.15) is 0 Å². The number of hydrogen-bond acceptors (Lipinski definition) is 6. The van der Waals surface area contributed by atoms with Crippen LogP contribution in [0.5, 0.6) is 0 Å². The van der Waals surface area contributed by atoms with Gasteiger partial charge in [-0.05, 0) is 86.0 Å². The van der Waals surface area contributed by atoms with Crippen molar-refractivity contribution in [3.8, 4) is 0 Å². The zero-order valence-electron chi connectivity index (χ0n) is 24.2. The lowest BCUT2D eigenvalue weighted by Crippen LogP contribution is -2.64. The van der Waals surface area contributed by atoms with Gasteiger partial charge in [0.15, 0.2) is 0 Å². The van der Waals surface area contributed by atoms with E-state index >= 15 is 0 Å². The van der Waals surface area contributed by atoms with Gasteiger partial charge in [-0.15, -0.1) is 0 Å². The maximum Gasteiger partial charge on any atom is 0.338 e. The summed E-state index contributed by atoms with van der Waals surface area (Å²) in [5.74, 6) is -0.431. The Morgan fingerprint density at radius 1 is 0.805 bits per heavy atom. The van der Waals surface area contributed by atoms with Crippen LogP contribution < -0.4 is 0 Å². The van der Waals surface area contributed by atoms with E-state index in [0.29, 0.717) is 36.8 Å². The summed E-state index contributed by atoms with van der Waals surface area (Å²) in [5.41, 5.74) is 0.371. The van der Waals surface area contributed by atoms with Crippen LogP contribution in [0.1, 0.15) is 86.4 Å². The van der Waals surface area contributed by atoms with Gasteiger partial charge in [0, 0.05) is 30.6 Å². The van der Waals surface area contributed by atoms with Gasteiger partial charge in [0.2, 0.25) is 0 Å². The maximum absolute atomic E-state index is 13.5. The molecule has 216 valence electrons. The molecule has 4 aliphatic rings. The molecule has 4 fully saturated rings. The first kappa shape index (κ1) is 27.9. The third-order valence-electron chi connectivity index (χ3n) is 11.4. The van der Waals surface area contributed by atoms with Crippen LogP contribution in [0.25, 0.3) is 0 Å². The summed E-state index contributed by atoms with van der Waals surface area (Å²) in [7, 11) is 0. The fraction of sp³-hybridized carbons (Fsp3) is 0.543. The summed E-state index contributed by atoms with van der Waals surface area (Å²) in [5, 5.41) is 0. The molecule has 9 atom stereocenters. The van der Waals surface area contributed by atoms with E-state index in [0.717, 1.165) is 19.3 Å². The Hall–Kier alpha value is -3.28. The van der Waals surface area contributed by atoms with Gasteiger partial charge in [0.25, 0.3) is 0 Å². The monoisotopic (exact) mass is 556 g/mol. The van der Waals surface area contributed by atoms with Gasteiger partial charge in [0.1, 0.15) is 23.8 Å². The fourth-order valence-electron chi connectivity index (χ4n) is 9.52. The standard InChI is InChI=1S/C35H40O6/c1-21(36)26-14-15-27-30-28(40-32(38)22-10-6-4-7-11-22)19-24-18-25(37)16-17-34(24,2)31(30)29(20-35(26,27)3)41-33(39)23-12-8-5-9-13-23/h4-13,24,26-31H,14-20H2,1-3H3/t24-,26?,27?,28?,29?,30?,31?,34-,35+/m0/s1. The Labute approximate surface area is 242 Å². The van der Waals surface area contributed by atoms with Crippen LogP contribution in [0.2, 0.25) is 0 Å². The van der Waals surface area contributed by atoms with Crippen molar-refractivity contribution in [3.63, 3.8) is 0 Å². The fourth-order valence-corrected chi connectivity index (χ4v) is 9.52. The largest absolute Gasteiger partial charge is 0.458 e. The lowest BCUT2D eigenvalue weighted by molar-refractivity contribution is -0.205. The molecule has 2 aromatic rings. The summed E-state index contributed by atoms with van der Waals surface area (Å²) in [6.45, 7) is 6.12. The smallest absolute Gasteiger partial charge is 0.338 e. The number of hydrogen-bond donors (Lipinski definition) is 0. The number of carbonyl (C=O) groups is 4. The Morgan fingerprint density at radius 2 is 1.39 bits per heavy atom. The first-order valence-corrected chi connectivity index (χ1v) is 15.2. The lowest BCUT2D eigenvalue weighted by atomic mass is 9.43. The summed E-state index contributed by atoms with van der Waals surface area (Å²) in [4.78, 5) is 52.7. The Morgan fingerprint density at radius 3 is 1.98 bits per heavy atom. The van der Waals surface area contributed by atoms with Crippen molar-refractivity contribution in [2.45, 2.75) is 77.9 Å². The van der Waals surface area contributed by atoms with E-state index in [2.05, 4.69) is 13.8 Å². The highest BCUT2D eigenvalue weighted by molar-refractivity contribution is 5.90. The first-order valence-electron chi connectivity index (χ1n) is 15.2. The van der Waals surface area contributed by atoms with E-state index in [1.54, 1.807) is 31.2 Å². The van der Waals surface area contributed by atoms with Crippen LogP contribution in [0.15, 0.2) is 60.7 Å². The number of Topliss-reactive ketones (excluding diaryl/α,β-unsaturated/α-hetero) is 2. The van der Waals surface area contributed by atoms with E-state index < -0.39 is 12.2 Å². The van der Waals surface area contributed by atoms with Crippen molar-refractivity contribution in [1.29, 1.82) is 0 Å². The van der Waals surface area contributed by atoms with Gasteiger partial charge in [-0.3, -0.25) is 9.59 Å². The quantitative estimate of drug-likeness (QED) is 0.392. The number of ether oxygens (including phenoxy) is 2. The molecule has 0 bridgehead atoms. The Bertz CT molecular complexity index is 1340. The minimum atomic E-state index is -0.451. The molecule has 0 N–H and O–H groups in total. The highest BCUT2D eigenvalue weighted by Crippen LogP contribution is 2.68. The molecule has 6 heteroatoms. The molecule has 0 radical (unpaired) electrons. The highest BCUT2D eigenvalue weighted by atomic mass is 16.6. The highest BCUT2D eigenvalue weighted by Gasteiger charge is 2.67. The molecule has 0 spiro atoms. The zero-order chi connectivity index (χ0) is 28.9. The summed E-state index contributed by atoms with van der Waals surface area (Å²) in [6.07, 6.45) is 3.69. The lowest BCUT2D eigenvalue weighted by Gasteiger charge is -2.63. The molecule has 0 amide bonds. The predicted molar refractivity (Wildman–Crippen MR) is 153 cm³/mol. The molecular formula is C35H40O6. The number of esters is 2. The van der Waals surface area contributed by atoms with Crippen LogP contribution in [-0.2, 0) is 19.1 Å². The topological polar surface area (TPSA) is 86.7 Å². The van der Waals surface area contributed by atoms with Gasteiger partial charge >= 0.3 is 11.9 Å². The average molecular weight is 557 g/mol. The maximum atomic E-state index is 13.5. The van der Waals surface area contributed by atoms with Crippen molar-refractivity contribution >= 4 is 23.5 Å². The summed E-state index contributed by atoms with van der Waals surface area (Å²) < 4.78 is 12.8. The van der Waals surface area contributed by atoms with Crippen molar-refractivity contribution in [2.24, 2.45) is 40.4 Å². The molecule has 2 aromatic carbocycles. The van der Waals surface area contributed by atoms with Crippen LogP contribution in [0.4, 0.5) is 0 Å². The van der Waals surface area contributed by atoms with E-state index in [4.69, 9.17) is 9.47 Å². The first-order chi connectivity index (χ1) is 19.6. The van der Waals surface area contributed by atoms with Gasteiger partial charge < -0.3 is 9.47 Å². The van der Waals surface area contributed by atoms with Crippen LogP contribution >= 0.6 is 0 Å². The zero-order valence-corrected chi connectivity index (χ0v) is 24.2. The molecule has 0 heterocycles. The van der Waals surface area contributed by atoms with E-state index in [9.17, 15) is 19.2 Å². The molecule has 0 aromatic heterocycles. The molecular weight excluding hydrogens is 516 g/mol. The Kier molecular flexibility index (Phi) is 7.15. The number of fused-ring (bicyclic) bond motifs is 5. The SMILES string of the molecule is CC(=O)C1CCC2C3C(OC(=O)c4ccccc4)C[C@@H]4CC(=O)CC[C@]4(C)C3C(OC(=O)c3ccccc3)C[C@]12C. The molecule has 41 heavy (non-hydrogen) atoms. The van der Waals surface area contributed by atoms with Crippen LogP contribution in [0.3, 0.4) is 0 Å². The van der Waals surface area contributed by atoms with Crippen LogP contribution in [0, 0.1) is 40.4 Å². The minimum absolute atomic E-state index is 0.0332. The Balaban J connectivity index is 1.43. The molecule has 6 rings (SSSR count). The third kappa shape index (κ3) is 4.73. The van der Waals surface area contributed by atoms with Gasteiger partial charge in [-0.1, -0.05) is 50.2 Å². The second-order valence-electron chi connectivity index (χ2n) is 13.5. The third-order valence-corrected chi connectivity index (χ3v) is 11.4.